The van der Waals surface area contributed by atoms with Gasteiger partial charge in [-0.1, -0.05) is 18.2 Å². The number of hydrogen-bond donors (Lipinski definition) is 12. The van der Waals surface area contributed by atoms with Crippen molar-refractivity contribution < 1.29 is 69.0 Å². The van der Waals surface area contributed by atoms with Crippen molar-refractivity contribution >= 4 is 22.8 Å². The SMILES string of the molecule is Nc1ccc(C(O)C(CO)Oc2ccc(-c3cc(=O)c4c(O)c(OC5(c6cccc(O)c6)CCCC5)c(OC5OC(C(=O)O)C6(O)C(C7CNCN7)C=CC5(O)C6O)cc4o3)cc2)[nH]1. The van der Waals surface area contributed by atoms with Crippen LogP contribution in [0.4, 0.5) is 5.82 Å². The number of phenols is 2. The van der Waals surface area contributed by atoms with E-state index in [1.54, 1.807) is 36.4 Å². The Morgan fingerprint density at radius 2 is 1.78 bits per heavy atom. The van der Waals surface area contributed by atoms with Gasteiger partial charge in [0.05, 0.1) is 6.61 Å². The molecule has 3 fully saturated rings. The Morgan fingerprint density at radius 3 is 2.44 bits per heavy atom. The molecule has 1 saturated carbocycles. The number of anilines is 1. The van der Waals surface area contributed by atoms with E-state index >= 15 is 0 Å². The number of ether oxygens (including phenoxy) is 4. The lowest BCUT2D eigenvalue weighted by atomic mass is 9.63. The topological polar surface area (TPSA) is 312 Å². The first-order valence-corrected chi connectivity index (χ1v) is 20.8. The van der Waals surface area contributed by atoms with E-state index < -0.39 is 94.7 Å². The standard InChI is InChI=1S/C45H48N4O15/c46-34-11-10-27(49-34)36(53)33(20-50)60-25-8-6-22(7-9-25)30-17-29(52)35-31(61-30)18-32(38(37(35)54)64-43(13-1-2-14-43)23-4-3-5-24(51)16-23)62-42-44(58)15-12-26(28-19-47-21-48-28)45(59,41(44)57)39(63-42)40(55)56/h3-12,15-18,26,28,33,36,39,41-42,47-51,53-54,57-59H,1-2,13-14,19-21,46H2,(H,55,56). The number of aromatic hydroxyl groups is 2. The molecule has 64 heavy (non-hydrogen) atoms. The van der Waals surface area contributed by atoms with Gasteiger partial charge in [-0.05, 0) is 85.9 Å². The van der Waals surface area contributed by atoms with Crippen LogP contribution in [-0.4, -0.2) is 113 Å². The van der Waals surface area contributed by atoms with Gasteiger partial charge in [0.15, 0.2) is 34.7 Å². The first kappa shape index (κ1) is 43.1. The number of carboxylic acids is 1. The van der Waals surface area contributed by atoms with Gasteiger partial charge in [0.25, 0.3) is 0 Å². The molecule has 9 unspecified atom stereocenters. The van der Waals surface area contributed by atoms with Crippen molar-refractivity contribution in [2.24, 2.45) is 5.92 Å². The van der Waals surface area contributed by atoms with Crippen LogP contribution in [0.3, 0.4) is 0 Å². The van der Waals surface area contributed by atoms with Crippen LogP contribution in [-0.2, 0) is 15.1 Å². The number of rotatable bonds is 13. The van der Waals surface area contributed by atoms with E-state index in [-0.39, 0.29) is 28.2 Å². The predicted octanol–water partition coefficient (Wildman–Crippen LogP) is 1.82. The fourth-order valence-electron chi connectivity index (χ4n) is 9.48. The summed E-state index contributed by atoms with van der Waals surface area (Å²) in [5.41, 5.74) is -0.253. The molecule has 2 bridgehead atoms. The van der Waals surface area contributed by atoms with Crippen LogP contribution in [0.1, 0.15) is 43.0 Å². The number of aliphatic carboxylic acids is 1. The smallest absolute Gasteiger partial charge is 0.336 e. The zero-order valence-corrected chi connectivity index (χ0v) is 34.1. The van der Waals surface area contributed by atoms with Crippen LogP contribution in [0.15, 0.2) is 94.2 Å². The summed E-state index contributed by atoms with van der Waals surface area (Å²) in [5, 5.41) is 95.5. The number of carbonyl (C=O) groups is 1. The maximum atomic E-state index is 14.0. The molecule has 0 amide bonds. The summed E-state index contributed by atoms with van der Waals surface area (Å²) in [6, 6.07) is 17.5. The number of nitrogens with two attached hydrogens (primary N) is 1. The Hall–Kier alpha value is -6.16. The van der Waals surface area contributed by atoms with Crippen molar-refractivity contribution in [3.05, 3.63) is 106 Å². The van der Waals surface area contributed by atoms with Gasteiger partial charge in [-0.2, -0.15) is 0 Å². The predicted molar refractivity (Wildman–Crippen MR) is 225 cm³/mol. The van der Waals surface area contributed by atoms with Crippen molar-refractivity contribution in [3.8, 4) is 40.1 Å². The minimum absolute atomic E-state index is 0.0194. The molecule has 3 aromatic carbocycles. The molecule has 4 aliphatic rings. The van der Waals surface area contributed by atoms with E-state index in [1.165, 1.54) is 42.5 Å². The van der Waals surface area contributed by atoms with E-state index in [2.05, 4.69) is 15.6 Å². The lowest BCUT2D eigenvalue weighted by molar-refractivity contribution is -0.342. The lowest BCUT2D eigenvalue weighted by Crippen LogP contribution is -2.79. The van der Waals surface area contributed by atoms with Gasteiger partial charge in [-0.25, -0.2) is 4.79 Å². The third-order valence-corrected chi connectivity index (χ3v) is 12.8. The number of fused-ring (bicyclic) bond motifs is 3. The zero-order valence-electron chi connectivity index (χ0n) is 34.1. The molecule has 19 nitrogen and oxygen atoms in total. The number of nitrogens with one attached hydrogen (secondary N) is 3. The molecular weight excluding hydrogens is 837 g/mol. The molecule has 0 spiro atoms. The first-order valence-electron chi connectivity index (χ1n) is 20.8. The van der Waals surface area contributed by atoms with Crippen LogP contribution in [0.5, 0.6) is 28.7 Å². The van der Waals surface area contributed by atoms with Gasteiger partial charge < -0.3 is 80.3 Å². The van der Waals surface area contributed by atoms with Crippen molar-refractivity contribution in [1.29, 1.82) is 0 Å². The summed E-state index contributed by atoms with van der Waals surface area (Å²) < 4.78 is 31.0. The van der Waals surface area contributed by atoms with Crippen LogP contribution in [0, 0.1) is 5.92 Å². The molecule has 9 atom stereocenters. The highest BCUT2D eigenvalue weighted by Gasteiger charge is 2.70. The quantitative estimate of drug-likeness (QED) is 0.0751. The van der Waals surface area contributed by atoms with Crippen LogP contribution in [0.25, 0.3) is 22.3 Å². The van der Waals surface area contributed by atoms with Crippen molar-refractivity contribution in [2.75, 3.05) is 25.6 Å². The highest BCUT2D eigenvalue weighted by molar-refractivity contribution is 5.89. The first-order chi connectivity index (χ1) is 30.6. The molecule has 5 aromatic rings. The van der Waals surface area contributed by atoms with E-state index in [0.29, 0.717) is 61.5 Å². The van der Waals surface area contributed by atoms with E-state index in [0.717, 1.165) is 6.07 Å². The Balaban J connectivity index is 1.12. The number of benzene rings is 3. The van der Waals surface area contributed by atoms with Gasteiger partial charge in [0.2, 0.25) is 12.0 Å². The molecule has 2 aliphatic carbocycles. The number of aromatic amines is 1. The number of carboxylic acid groups (broad SMARTS) is 1. The fraction of sp³-hybridized carbons (Fsp3) is 0.378. The molecule has 4 heterocycles. The summed E-state index contributed by atoms with van der Waals surface area (Å²) >= 11 is 0. The molecule has 0 radical (unpaired) electrons. The number of aliphatic hydroxyl groups excluding tert-OH is 3. The number of hydrogen-bond acceptors (Lipinski definition) is 17. The highest BCUT2D eigenvalue weighted by atomic mass is 16.7. The summed E-state index contributed by atoms with van der Waals surface area (Å²) in [6.07, 6.45) is -3.93. The molecule has 19 heteroatoms. The van der Waals surface area contributed by atoms with Crippen LogP contribution in [0.2, 0.25) is 0 Å². The second-order valence-corrected chi connectivity index (χ2v) is 16.7. The van der Waals surface area contributed by atoms with Crippen molar-refractivity contribution in [3.63, 3.8) is 0 Å². The van der Waals surface area contributed by atoms with E-state index in [4.69, 9.17) is 29.1 Å². The number of phenolic OH excluding ortho intramolecular Hbond substituents is 2. The second kappa shape index (κ2) is 16.4. The minimum Gasteiger partial charge on any atom is -0.508 e. The van der Waals surface area contributed by atoms with Gasteiger partial charge in [-0.3, -0.25) is 10.1 Å². The minimum atomic E-state index is -2.58. The van der Waals surface area contributed by atoms with Crippen molar-refractivity contribution in [2.45, 2.75) is 79.2 Å². The fourth-order valence-corrected chi connectivity index (χ4v) is 9.48. The summed E-state index contributed by atoms with van der Waals surface area (Å²) in [4.78, 5) is 29.7. The largest absolute Gasteiger partial charge is 0.508 e. The highest BCUT2D eigenvalue weighted by Crippen LogP contribution is 2.53. The Bertz CT molecular complexity index is 2640. The summed E-state index contributed by atoms with van der Waals surface area (Å²) in [6.45, 7) is 0.132. The number of aliphatic hydroxyl groups is 5. The van der Waals surface area contributed by atoms with Gasteiger partial charge in [-0.15, -0.1) is 0 Å². The average Bonchev–Trinajstić information content (AvgIpc) is 4.08. The van der Waals surface area contributed by atoms with Gasteiger partial charge in [0, 0.05) is 48.6 Å². The Morgan fingerprint density at radius 1 is 1.02 bits per heavy atom. The Kier molecular flexibility index (Phi) is 11.1. The molecule has 9 rings (SSSR count). The summed E-state index contributed by atoms with van der Waals surface area (Å²) in [7, 11) is 0. The Labute approximate surface area is 363 Å². The van der Waals surface area contributed by atoms with E-state index in [1.807, 2.05) is 0 Å². The number of aromatic nitrogens is 1. The molecular formula is C45H48N4O15. The van der Waals surface area contributed by atoms with Gasteiger partial charge >= 0.3 is 5.97 Å². The zero-order chi connectivity index (χ0) is 45.1. The molecule has 13 N–H and O–H groups in total. The monoisotopic (exact) mass is 884 g/mol. The third kappa shape index (κ3) is 7.28. The van der Waals surface area contributed by atoms with Crippen molar-refractivity contribution in [1.82, 2.24) is 15.6 Å². The van der Waals surface area contributed by atoms with E-state index in [9.17, 15) is 50.4 Å². The van der Waals surface area contributed by atoms with Crippen LogP contribution >= 0.6 is 0 Å². The van der Waals surface area contributed by atoms with Gasteiger partial charge in [0.1, 0.15) is 57.5 Å². The average molecular weight is 885 g/mol. The molecule has 2 aromatic heterocycles. The number of H-pyrrole nitrogens is 1. The molecule has 2 saturated heterocycles. The molecule has 338 valence electrons. The maximum absolute atomic E-state index is 14.0. The summed E-state index contributed by atoms with van der Waals surface area (Å²) in [5.74, 6) is -3.67. The second-order valence-electron chi connectivity index (χ2n) is 16.7. The maximum Gasteiger partial charge on any atom is 0.336 e. The third-order valence-electron chi connectivity index (χ3n) is 12.8. The van der Waals surface area contributed by atoms with Crippen LogP contribution < -0.4 is 36.0 Å². The normalized spacial score (nSPS) is 28.2. The molecule has 2 aliphatic heterocycles. The number of nitrogen functional groups attached to an aromatic ring is 1. The lowest BCUT2D eigenvalue weighted by Gasteiger charge is -2.56.